The van der Waals surface area contributed by atoms with Crippen molar-refractivity contribution in [3.05, 3.63) is 27.6 Å². The molecule has 138 valence electrons. The van der Waals surface area contributed by atoms with Crippen LogP contribution in [0.2, 0.25) is 0 Å². The molecular formula is C15H21BrN4O3S2. The fourth-order valence-electron chi connectivity index (χ4n) is 2.51. The molecule has 0 amide bonds. The molecular weight excluding hydrogens is 428 g/mol. The minimum Gasteiger partial charge on any atom is -0.338 e. The van der Waals surface area contributed by atoms with Crippen molar-refractivity contribution in [3.63, 3.8) is 0 Å². The highest BCUT2D eigenvalue weighted by molar-refractivity contribution is 9.11. The predicted octanol–water partition coefficient (Wildman–Crippen LogP) is 2.70. The van der Waals surface area contributed by atoms with Crippen LogP contribution in [-0.4, -0.2) is 53.9 Å². The third kappa shape index (κ3) is 4.30. The molecule has 0 aromatic carbocycles. The van der Waals surface area contributed by atoms with Crippen LogP contribution in [0.1, 0.15) is 32.5 Å². The maximum Gasteiger partial charge on any atom is 0.252 e. The number of aromatic nitrogens is 2. The molecule has 3 rings (SSSR count). The molecule has 1 saturated heterocycles. The third-order valence-electron chi connectivity index (χ3n) is 3.97. The molecule has 0 radical (unpaired) electrons. The molecule has 1 aliphatic heterocycles. The first-order valence-corrected chi connectivity index (χ1v) is 11.0. The lowest BCUT2D eigenvalue weighted by Crippen LogP contribution is -2.48. The van der Waals surface area contributed by atoms with Gasteiger partial charge >= 0.3 is 0 Å². The zero-order chi connectivity index (χ0) is 18.2. The molecule has 2 aromatic rings. The Labute approximate surface area is 160 Å². The third-order valence-corrected chi connectivity index (χ3v) is 7.96. The normalized spacial score (nSPS) is 17.9. The van der Waals surface area contributed by atoms with E-state index in [0.29, 0.717) is 48.6 Å². The number of nitrogens with zero attached hydrogens (tertiary/aromatic N) is 4. The van der Waals surface area contributed by atoms with E-state index in [1.807, 2.05) is 20.8 Å². The number of hydrogen-bond donors (Lipinski definition) is 0. The monoisotopic (exact) mass is 448 g/mol. The van der Waals surface area contributed by atoms with Crippen LogP contribution in [0.25, 0.3) is 0 Å². The number of rotatable bonds is 4. The Kier molecular flexibility index (Phi) is 5.36. The summed E-state index contributed by atoms with van der Waals surface area (Å²) < 4.78 is 33.3. The average molecular weight is 449 g/mol. The zero-order valence-electron chi connectivity index (χ0n) is 14.4. The molecule has 2 aromatic heterocycles. The highest BCUT2D eigenvalue weighted by Gasteiger charge is 2.30. The molecule has 0 atom stereocenters. The Morgan fingerprint density at radius 1 is 1.24 bits per heavy atom. The summed E-state index contributed by atoms with van der Waals surface area (Å²) in [7, 11) is -3.41. The van der Waals surface area contributed by atoms with Gasteiger partial charge in [-0.2, -0.15) is 9.29 Å². The van der Waals surface area contributed by atoms with Crippen molar-refractivity contribution in [1.82, 2.24) is 19.3 Å². The number of halogens is 1. The van der Waals surface area contributed by atoms with E-state index >= 15 is 0 Å². The van der Waals surface area contributed by atoms with Gasteiger partial charge in [0.15, 0.2) is 5.82 Å². The van der Waals surface area contributed by atoms with Gasteiger partial charge in [0.2, 0.25) is 5.89 Å². The van der Waals surface area contributed by atoms with Gasteiger partial charge in [-0.3, -0.25) is 4.90 Å². The van der Waals surface area contributed by atoms with Crippen LogP contribution in [0.5, 0.6) is 0 Å². The molecule has 7 nitrogen and oxygen atoms in total. The molecule has 1 fully saturated rings. The molecule has 1 aliphatic rings. The molecule has 10 heteroatoms. The maximum absolute atomic E-state index is 12.6. The van der Waals surface area contributed by atoms with E-state index in [1.54, 1.807) is 12.1 Å². The van der Waals surface area contributed by atoms with Crippen molar-refractivity contribution in [2.75, 3.05) is 26.2 Å². The maximum atomic E-state index is 12.6. The number of hydrogen-bond acceptors (Lipinski definition) is 7. The molecule has 0 unspecified atom stereocenters. The van der Waals surface area contributed by atoms with Gasteiger partial charge in [0, 0.05) is 31.6 Å². The second kappa shape index (κ2) is 7.07. The lowest BCUT2D eigenvalue weighted by atomic mass is 9.96. The van der Waals surface area contributed by atoms with E-state index in [2.05, 4.69) is 31.0 Å². The predicted molar refractivity (Wildman–Crippen MR) is 99.1 cm³/mol. The van der Waals surface area contributed by atoms with Gasteiger partial charge in [0.25, 0.3) is 10.0 Å². The first-order valence-electron chi connectivity index (χ1n) is 7.97. The van der Waals surface area contributed by atoms with E-state index in [9.17, 15) is 8.42 Å². The standard InChI is InChI=1S/C15H21BrN4O3S2/c1-15(2,3)14-17-12(23-18-14)10-19-6-8-20(9-7-19)25(21,22)13-5-4-11(16)24-13/h4-5H,6-10H2,1-3H3. The zero-order valence-corrected chi connectivity index (χ0v) is 17.6. The fraction of sp³-hybridized carbons (Fsp3) is 0.600. The lowest BCUT2D eigenvalue weighted by molar-refractivity contribution is 0.163. The second-order valence-electron chi connectivity index (χ2n) is 7.00. The van der Waals surface area contributed by atoms with Crippen LogP contribution < -0.4 is 0 Å². The van der Waals surface area contributed by atoms with E-state index in [1.165, 1.54) is 15.6 Å². The number of piperazine rings is 1. The van der Waals surface area contributed by atoms with Crippen LogP contribution in [0, 0.1) is 0 Å². The quantitative estimate of drug-likeness (QED) is 0.714. The molecule has 0 aliphatic carbocycles. The average Bonchev–Trinajstić information content (AvgIpc) is 3.17. The van der Waals surface area contributed by atoms with E-state index in [0.717, 1.165) is 3.79 Å². The highest BCUT2D eigenvalue weighted by Crippen LogP contribution is 2.29. The lowest BCUT2D eigenvalue weighted by Gasteiger charge is -2.32. The minimum atomic E-state index is -3.41. The van der Waals surface area contributed by atoms with Gasteiger partial charge in [-0.05, 0) is 28.1 Å². The van der Waals surface area contributed by atoms with Crippen molar-refractivity contribution >= 4 is 37.3 Å². The number of sulfonamides is 1. The summed E-state index contributed by atoms with van der Waals surface area (Å²) in [5.41, 5.74) is -0.149. The van der Waals surface area contributed by atoms with Crippen molar-refractivity contribution < 1.29 is 12.9 Å². The van der Waals surface area contributed by atoms with Crippen molar-refractivity contribution in [2.24, 2.45) is 0 Å². The summed E-state index contributed by atoms with van der Waals surface area (Å²) in [6.07, 6.45) is 0. The van der Waals surface area contributed by atoms with Crippen molar-refractivity contribution in [3.8, 4) is 0 Å². The van der Waals surface area contributed by atoms with Gasteiger partial charge < -0.3 is 4.52 Å². The first kappa shape index (κ1) is 19.0. The largest absolute Gasteiger partial charge is 0.338 e. The van der Waals surface area contributed by atoms with E-state index in [-0.39, 0.29) is 5.41 Å². The summed E-state index contributed by atoms with van der Waals surface area (Å²) in [4.78, 5) is 6.57. The summed E-state index contributed by atoms with van der Waals surface area (Å²) in [6.45, 7) is 8.84. The minimum absolute atomic E-state index is 0.149. The van der Waals surface area contributed by atoms with Crippen LogP contribution >= 0.6 is 27.3 Å². The van der Waals surface area contributed by atoms with Crippen molar-refractivity contribution in [2.45, 2.75) is 36.9 Å². The SMILES string of the molecule is CC(C)(C)c1noc(CN2CCN(S(=O)(=O)c3ccc(Br)s3)CC2)n1. The van der Waals surface area contributed by atoms with Crippen LogP contribution in [0.4, 0.5) is 0 Å². The summed E-state index contributed by atoms with van der Waals surface area (Å²) in [6, 6.07) is 3.40. The van der Waals surface area contributed by atoms with Crippen LogP contribution in [-0.2, 0) is 22.0 Å². The molecule has 0 saturated carbocycles. The topological polar surface area (TPSA) is 79.5 Å². The summed E-state index contributed by atoms with van der Waals surface area (Å²) in [5.74, 6) is 1.26. The Morgan fingerprint density at radius 3 is 2.44 bits per heavy atom. The molecule has 0 spiro atoms. The molecule has 0 N–H and O–H groups in total. The van der Waals surface area contributed by atoms with E-state index < -0.39 is 10.0 Å². The Bertz CT molecular complexity index is 833. The molecule has 3 heterocycles. The van der Waals surface area contributed by atoms with Crippen LogP contribution in [0.3, 0.4) is 0 Å². The van der Waals surface area contributed by atoms with Gasteiger partial charge in [-0.1, -0.05) is 25.9 Å². The van der Waals surface area contributed by atoms with Gasteiger partial charge in [0.05, 0.1) is 10.3 Å². The summed E-state index contributed by atoms with van der Waals surface area (Å²) >= 11 is 4.55. The Morgan fingerprint density at radius 2 is 1.92 bits per heavy atom. The van der Waals surface area contributed by atoms with Gasteiger partial charge in [-0.15, -0.1) is 11.3 Å². The first-order chi connectivity index (χ1) is 11.7. The smallest absolute Gasteiger partial charge is 0.252 e. The Hall–Kier alpha value is -0.810. The second-order valence-corrected chi connectivity index (χ2v) is 11.6. The van der Waals surface area contributed by atoms with Gasteiger partial charge in [0.1, 0.15) is 4.21 Å². The van der Waals surface area contributed by atoms with E-state index in [4.69, 9.17) is 4.52 Å². The highest BCUT2D eigenvalue weighted by atomic mass is 79.9. The Balaban J connectivity index is 1.59. The number of thiophene rings is 1. The fourth-order valence-corrected chi connectivity index (χ4v) is 6.09. The molecule has 25 heavy (non-hydrogen) atoms. The molecule has 0 bridgehead atoms. The van der Waals surface area contributed by atoms with Gasteiger partial charge in [-0.25, -0.2) is 8.42 Å². The van der Waals surface area contributed by atoms with Crippen LogP contribution in [0.15, 0.2) is 24.7 Å². The summed E-state index contributed by atoms with van der Waals surface area (Å²) in [5, 5.41) is 4.03. The van der Waals surface area contributed by atoms with Crippen molar-refractivity contribution in [1.29, 1.82) is 0 Å².